The Bertz CT molecular complexity index is 552. The van der Waals surface area contributed by atoms with Crippen molar-refractivity contribution in [3.8, 4) is 5.75 Å². The second-order valence-corrected chi connectivity index (χ2v) is 4.68. The lowest BCUT2D eigenvalue weighted by atomic mass is 10.1. The Morgan fingerprint density at radius 2 is 1.57 bits per heavy atom. The van der Waals surface area contributed by atoms with Crippen LogP contribution in [-0.4, -0.2) is 6.54 Å². The number of alkyl halides is 3. The molecular formula is C16H17F3NO+. The molecule has 5 heteroatoms. The van der Waals surface area contributed by atoms with E-state index in [1.54, 1.807) is 0 Å². The van der Waals surface area contributed by atoms with Gasteiger partial charge in [0, 0.05) is 6.42 Å². The highest BCUT2D eigenvalue weighted by Gasteiger charge is 2.30. The molecule has 2 rings (SSSR count). The van der Waals surface area contributed by atoms with Crippen LogP contribution in [0, 0.1) is 0 Å². The van der Waals surface area contributed by atoms with Gasteiger partial charge in [0.2, 0.25) is 0 Å². The minimum atomic E-state index is -4.33. The van der Waals surface area contributed by atoms with Crippen LogP contribution in [0.25, 0.3) is 0 Å². The summed E-state index contributed by atoms with van der Waals surface area (Å²) >= 11 is 0. The maximum atomic E-state index is 12.5. The van der Waals surface area contributed by atoms with Crippen LogP contribution in [0.1, 0.15) is 23.7 Å². The predicted octanol–water partition coefficient (Wildman–Crippen LogP) is 3.46. The van der Waals surface area contributed by atoms with Gasteiger partial charge in [0.05, 0.1) is 12.1 Å². The summed E-state index contributed by atoms with van der Waals surface area (Å²) in [6.45, 7) is 0.681. The molecule has 0 heterocycles. The van der Waals surface area contributed by atoms with E-state index in [0.29, 0.717) is 18.7 Å². The highest BCUT2D eigenvalue weighted by atomic mass is 19.4. The normalized spacial score (nSPS) is 13.0. The van der Waals surface area contributed by atoms with E-state index in [0.717, 1.165) is 17.7 Å². The molecule has 3 N–H and O–H groups in total. The van der Waals surface area contributed by atoms with Gasteiger partial charge in [0.25, 0.3) is 0 Å². The molecule has 0 amide bonds. The molecule has 0 saturated heterocycles. The summed E-state index contributed by atoms with van der Waals surface area (Å²) in [4.78, 5) is 0. The summed E-state index contributed by atoms with van der Waals surface area (Å²) in [6.07, 6.45) is -3.84. The maximum absolute atomic E-state index is 12.5. The average molecular weight is 296 g/mol. The lowest BCUT2D eigenvalue weighted by molar-refractivity contribution is -0.370. The van der Waals surface area contributed by atoms with Crippen LogP contribution in [-0.2, 0) is 6.18 Å². The number of hydrogen-bond acceptors (Lipinski definition) is 1. The van der Waals surface area contributed by atoms with Crippen LogP contribution in [0.15, 0.2) is 54.6 Å². The average Bonchev–Trinajstić information content (AvgIpc) is 2.47. The molecule has 2 aromatic rings. The van der Waals surface area contributed by atoms with Crippen LogP contribution in [0.2, 0.25) is 0 Å². The van der Waals surface area contributed by atoms with Gasteiger partial charge in [-0.3, -0.25) is 0 Å². The van der Waals surface area contributed by atoms with Crippen molar-refractivity contribution in [2.24, 2.45) is 0 Å². The van der Waals surface area contributed by atoms with Gasteiger partial charge in [-0.05, 0) is 29.8 Å². The van der Waals surface area contributed by atoms with E-state index < -0.39 is 11.7 Å². The van der Waals surface area contributed by atoms with Gasteiger partial charge in [-0.2, -0.15) is 13.2 Å². The lowest BCUT2D eigenvalue weighted by Crippen LogP contribution is -2.50. The molecule has 0 spiro atoms. The highest BCUT2D eigenvalue weighted by Crippen LogP contribution is 2.31. The molecule has 2 aromatic carbocycles. The SMILES string of the molecule is [NH3+]CC[C@H](Oc1ccc(C(F)(F)F)cc1)c1ccccc1. The zero-order chi connectivity index (χ0) is 15.3. The Balaban J connectivity index is 2.14. The van der Waals surface area contributed by atoms with Crippen molar-refractivity contribution in [2.45, 2.75) is 18.7 Å². The standard InChI is InChI=1S/C16H16F3NO/c17-16(18,19)13-6-8-14(9-7-13)21-15(10-11-20)12-4-2-1-3-5-12/h1-9,15H,10-11,20H2/p+1/t15-/m0/s1. The Labute approximate surface area is 121 Å². The molecular weight excluding hydrogens is 279 g/mol. The number of rotatable bonds is 5. The maximum Gasteiger partial charge on any atom is 0.416 e. The minimum Gasteiger partial charge on any atom is -0.486 e. The van der Waals surface area contributed by atoms with Gasteiger partial charge in [-0.15, -0.1) is 0 Å². The molecule has 21 heavy (non-hydrogen) atoms. The summed E-state index contributed by atoms with van der Waals surface area (Å²) in [6, 6.07) is 14.3. The second-order valence-electron chi connectivity index (χ2n) is 4.68. The van der Waals surface area contributed by atoms with Gasteiger partial charge in [0.1, 0.15) is 11.9 Å². The fourth-order valence-corrected chi connectivity index (χ4v) is 2.03. The van der Waals surface area contributed by atoms with Crippen LogP contribution in [0.4, 0.5) is 13.2 Å². The topological polar surface area (TPSA) is 36.9 Å². The Morgan fingerprint density at radius 1 is 0.952 bits per heavy atom. The van der Waals surface area contributed by atoms with Gasteiger partial charge in [-0.25, -0.2) is 0 Å². The van der Waals surface area contributed by atoms with Gasteiger partial charge in [-0.1, -0.05) is 30.3 Å². The molecule has 0 unspecified atom stereocenters. The third-order valence-corrected chi connectivity index (χ3v) is 3.10. The van der Waals surface area contributed by atoms with E-state index in [2.05, 4.69) is 5.73 Å². The van der Waals surface area contributed by atoms with Crippen LogP contribution < -0.4 is 10.5 Å². The number of halogens is 3. The van der Waals surface area contributed by atoms with E-state index in [1.807, 2.05) is 30.3 Å². The molecule has 112 valence electrons. The monoisotopic (exact) mass is 296 g/mol. The number of ether oxygens (including phenoxy) is 1. The van der Waals surface area contributed by atoms with Crippen molar-refractivity contribution in [1.29, 1.82) is 0 Å². The fraction of sp³-hybridized carbons (Fsp3) is 0.250. The minimum absolute atomic E-state index is 0.208. The third kappa shape index (κ3) is 4.23. The summed E-state index contributed by atoms with van der Waals surface area (Å²) in [5.41, 5.74) is 4.12. The van der Waals surface area contributed by atoms with Crippen molar-refractivity contribution < 1.29 is 23.6 Å². The van der Waals surface area contributed by atoms with Crippen molar-refractivity contribution in [1.82, 2.24) is 0 Å². The number of quaternary nitrogens is 1. The third-order valence-electron chi connectivity index (χ3n) is 3.10. The number of hydrogen-bond donors (Lipinski definition) is 1. The first-order chi connectivity index (χ1) is 10.0. The summed E-state index contributed by atoms with van der Waals surface area (Å²) < 4.78 is 43.4. The number of benzene rings is 2. The largest absolute Gasteiger partial charge is 0.486 e. The first kappa shape index (κ1) is 15.4. The summed E-state index contributed by atoms with van der Waals surface area (Å²) in [5.74, 6) is 0.422. The first-order valence-electron chi connectivity index (χ1n) is 6.69. The van der Waals surface area contributed by atoms with E-state index >= 15 is 0 Å². The molecule has 0 aliphatic rings. The summed E-state index contributed by atoms with van der Waals surface area (Å²) in [7, 11) is 0. The van der Waals surface area contributed by atoms with Crippen LogP contribution in [0.5, 0.6) is 5.75 Å². The van der Waals surface area contributed by atoms with E-state index in [-0.39, 0.29) is 6.10 Å². The van der Waals surface area contributed by atoms with Crippen molar-refractivity contribution in [2.75, 3.05) is 6.54 Å². The highest BCUT2D eigenvalue weighted by molar-refractivity contribution is 5.30. The fourth-order valence-electron chi connectivity index (χ4n) is 2.03. The molecule has 0 radical (unpaired) electrons. The Hall–Kier alpha value is -2.01. The molecule has 1 atom stereocenters. The van der Waals surface area contributed by atoms with Crippen LogP contribution in [0.3, 0.4) is 0 Å². The molecule has 0 aliphatic carbocycles. The molecule has 0 aromatic heterocycles. The van der Waals surface area contributed by atoms with Crippen LogP contribution >= 0.6 is 0 Å². The second kappa shape index (κ2) is 6.63. The van der Waals surface area contributed by atoms with E-state index in [9.17, 15) is 13.2 Å². The van der Waals surface area contributed by atoms with Gasteiger partial charge in [0.15, 0.2) is 0 Å². The van der Waals surface area contributed by atoms with Crippen molar-refractivity contribution in [3.05, 3.63) is 65.7 Å². The van der Waals surface area contributed by atoms with E-state index in [4.69, 9.17) is 4.74 Å². The molecule has 0 aliphatic heterocycles. The Morgan fingerprint density at radius 3 is 2.10 bits per heavy atom. The summed E-state index contributed by atoms with van der Waals surface area (Å²) in [5, 5.41) is 0. The molecule has 0 saturated carbocycles. The predicted molar refractivity (Wildman–Crippen MR) is 73.6 cm³/mol. The van der Waals surface area contributed by atoms with Gasteiger partial charge >= 0.3 is 6.18 Å². The van der Waals surface area contributed by atoms with E-state index in [1.165, 1.54) is 12.1 Å². The smallest absolute Gasteiger partial charge is 0.416 e. The lowest BCUT2D eigenvalue weighted by Gasteiger charge is -2.18. The van der Waals surface area contributed by atoms with Crippen molar-refractivity contribution >= 4 is 0 Å². The Kier molecular flexibility index (Phi) is 4.85. The first-order valence-corrected chi connectivity index (χ1v) is 6.69. The molecule has 0 bridgehead atoms. The quantitative estimate of drug-likeness (QED) is 0.901. The molecule has 2 nitrogen and oxygen atoms in total. The van der Waals surface area contributed by atoms with Gasteiger partial charge < -0.3 is 10.5 Å². The van der Waals surface area contributed by atoms with Crippen molar-refractivity contribution in [3.63, 3.8) is 0 Å². The zero-order valence-corrected chi connectivity index (χ0v) is 11.4. The molecule has 0 fully saturated rings. The zero-order valence-electron chi connectivity index (χ0n) is 11.4.